The minimum atomic E-state index is -0.242. The summed E-state index contributed by atoms with van der Waals surface area (Å²) in [7, 11) is 0. The lowest BCUT2D eigenvalue weighted by Gasteiger charge is -2.12. The van der Waals surface area contributed by atoms with Crippen molar-refractivity contribution >= 4 is 23.3 Å². The van der Waals surface area contributed by atoms with Gasteiger partial charge in [-0.05, 0) is 25.3 Å². The number of nitrogens with two attached hydrogens (primary N) is 1. The summed E-state index contributed by atoms with van der Waals surface area (Å²) in [4.78, 5) is 16.8. The molecule has 0 saturated carbocycles. The monoisotopic (exact) mass is 262 g/mol. The number of aryl methyl sites for hydroxylation is 1. The van der Waals surface area contributed by atoms with Crippen LogP contribution in [0.2, 0.25) is 0 Å². The SMILES string of the molecule is CSc1c(Nc2ccccc2)nc(C)n(N)c1=O. The first-order valence-electron chi connectivity index (χ1n) is 5.38. The van der Waals surface area contributed by atoms with Crippen molar-refractivity contribution in [3.8, 4) is 0 Å². The molecule has 18 heavy (non-hydrogen) atoms. The highest BCUT2D eigenvalue weighted by atomic mass is 32.2. The molecule has 0 atom stereocenters. The van der Waals surface area contributed by atoms with E-state index in [-0.39, 0.29) is 5.56 Å². The van der Waals surface area contributed by atoms with E-state index in [1.807, 2.05) is 36.6 Å². The average molecular weight is 262 g/mol. The first kappa shape index (κ1) is 12.5. The molecule has 0 aliphatic heterocycles. The molecule has 1 aromatic heterocycles. The molecule has 0 spiro atoms. The third-order valence-corrected chi connectivity index (χ3v) is 3.27. The van der Waals surface area contributed by atoms with Crippen LogP contribution in [0.15, 0.2) is 40.0 Å². The highest BCUT2D eigenvalue weighted by Crippen LogP contribution is 2.22. The summed E-state index contributed by atoms with van der Waals surface area (Å²) in [6.07, 6.45) is 1.82. The molecular weight excluding hydrogens is 248 g/mol. The van der Waals surface area contributed by atoms with Gasteiger partial charge < -0.3 is 11.2 Å². The van der Waals surface area contributed by atoms with E-state index in [4.69, 9.17) is 5.84 Å². The molecule has 1 heterocycles. The minimum absolute atomic E-state index is 0.242. The average Bonchev–Trinajstić information content (AvgIpc) is 2.38. The quantitative estimate of drug-likeness (QED) is 0.651. The normalized spacial score (nSPS) is 10.3. The predicted octanol–water partition coefficient (Wildman–Crippen LogP) is 1.73. The van der Waals surface area contributed by atoms with E-state index in [0.29, 0.717) is 16.5 Å². The van der Waals surface area contributed by atoms with Crippen LogP contribution < -0.4 is 16.7 Å². The number of hydrogen-bond acceptors (Lipinski definition) is 5. The number of para-hydroxylation sites is 1. The Balaban J connectivity index is 2.48. The zero-order valence-electron chi connectivity index (χ0n) is 10.2. The molecule has 0 aliphatic carbocycles. The molecule has 2 aromatic rings. The molecule has 0 radical (unpaired) electrons. The van der Waals surface area contributed by atoms with Crippen LogP contribution >= 0.6 is 11.8 Å². The van der Waals surface area contributed by atoms with E-state index in [2.05, 4.69) is 10.3 Å². The van der Waals surface area contributed by atoms with Gasteiger partial charge in [0, 0.05) is 5.69 Å². The zero-order valence-corrected chi connectivity index (χ0v) is 11.0. The summed E-state index contributed by atoms with van der Waals surface area (Å²) >= 11 is 1.33. The Hall–Kier alpha value is -1.95. The van der Waals surface area contributed by atoms with Crippen molar-refractivity contribution in [2.75, 3.05) is 17.4 Å². The summed E-state index contributed by atoms with van der Waals surface area (Å²) in [5.74, 6) is 6.63. The molecule has 0 amide bonds. The number of rotatable bonds is 3. The largest absolute Gasteiger partial charge is 0.339 e. The third-order valence-electron chi connectivity index (χ3n) is 2.49. The Labute approximate surface area is 109 Å². The van der Waals surface area contributed by atoms with Gasteiger partial charge in [-0.2, -0.15) is 0 Å². The van der Waals surface area contributed by atoms with Gasteiger partial charge in [0.1, 0.15) is 10.7 Å². The fourth-order valence-corrected chi connectivity index (χ4v) is 2.11. The van der Waals surface area contributed by atoms with Gasteiger partial charge in [-0.1, -0.05) is 18.2 Å². The van der Waals surface area contributed by atoms with Crippen molar-refractivity contribution in [1.82, 2.24) is 9.66 Å². The van der Waals surface area contributed by atoms with Gasteiger partial charge in [-0.3, -0.25) is 4.79 Å². The van der Waals surface area contributed by atoms with Crippen molar-refractivity contribution in [2.45, 2.75) is 11.8 Å². The first-order chi connectivity index (χ1) is 8.63. The summed E-state index contributed by atoms with van der Waals surface area (Å²) in [6, 6.07) is 9.58. The van der Waals surface area contributed by atoms with Gasteiger partial charge in [0.25, 0.3) is 5.56 Å². The van der Waals surface area contributed by atoms with Crippen LogP contribution in [0.1, 0.15) is 5.82 Å². The Kier molecular flexibility index (Phi) is 3.57. The molecule has 5 nitrogen and oxygen atoms in total. The van der Waals surface area contributed by atoms with Crippen LogP contribution in [-0.2, 0) is 0 Å². The molecule has 2 rings (SSSR count). The Morgan fingerprint density at radius 1 is 1.33 bits per heavy atom. The molecule has 0 saturated heterocycles. The molecule has 3 N–H and O–H groups in total. The maximum absolute atomic E-state index is 12.0. The van der Waals surface area contributed by atoms with Crippen molar-refractivity contribution in [2.24, 2.45) is 0 Å². The summed E-state index contributed by atoms with van der Waals surface area (Å²) < 4.78 is 1.06. The number of thioether (sulfide) groups is 1. The molecular formula is C12H14N4OS. The number of nitrogens with one attached hydrogen (secondary N) is 1. The van der Waals surface area contributed by atoms with E-state index >= 15 is 0 Å². The van der Waals surface area contributed by atoms with Gasteiger partial charge in [0.05, 0.1) is 0 Å². The number of aromatic nitrogens is 2. The Morgan fingerprint density at radius 3 is 2.61 bits per heavy atom. The van der Waals surface area contributed by atoms with E-state index in [9.17, 15) is 4.79 Å². The lowest BCUT2D eigenvalue weighted by atomic mass is 10.3. The number of anilines is 2. The first-order valence-corrected chi connectivity index (χ1v) is 6.60. The zero-order chi connectivity index (χ0) is 13.1. The number of nitrogen functional groups attached to an aromatic ring is 1. The van der Waals surface area contributed by atoms with Gasteiger partial charge in [-0.25, -0.2) is 9.66 Å². The fourth-order valence-electron chi connectivity index (χ4n) is 1.55. The van der Waals surface area contributed by atoms with Crippen molar-refractivity contribution in [3.05, 3.63) is 46.5 Å². The van der Waals surface area contributed by atoms with Crippen molar-refractivity contribution in [1.29, 1.82) is 0 Å². The number of benzene rings is 1. The van der Waals surface area contributed by atoms with Crippen LogP contribution in [-0.4, -0.2) is 15.9 Å². The van der Waals surface area contributed by atoms with Gasteiger partial charge in [0.15, 0.2) is 5.82 Å². The van der Waals surface area contributed by atoms with Crippen molar-refractivity contribution < 1.29 is 0 Å². The highest BCUT2D eigenvalue weighted by molar-refractivity contribution is 7.98. The Morgan fingerprint density at radius 2 is 2.00 bits per heavy atom. The maximum Gasteiger partial charge on any atom is 0.287 e. The molecule has 6 heteroatoms. The van der Waals surface area contributed by atoms with Crippen LogP contribution in [0.3, 0.4) is 0 Å². The van der Waals surface area contributed by atoms with E-state index in [1.54, 1.807) is 6.92 Å². The lowest BCUT2D eigenvalue weighted by molar-refractivity contribution is 0.804. The lowest BCUT2D eigenvalue weighted by Crippen LogP contribution is -2.32. The smallest absolute Gasteiger partial charge is 0.287 e. The number of nitrogens with zero attached hydrogens (tertiary/aromatic N) is 2. The van der Waals surface area contributed by atoms with Crippen LogP contribution in [0.25, 0.3) is 0 Å². The predicted molar refractivity (Wildman–Crippen MR) is 74.9 cm³/mol. The van der Waals surface area contributed by atoms with Gasteiger partial charge >= 0.3 is 0 Å². The highest BCUT2D eigenvalue weighted by Gasteiger charge is 2.12. The number of hydrogen-bond donors (Lipinski definition) is 2. The molecule has 0 fully saturated rings. The van der Waals surface area contributed by atoms with Gasteiger partial charge in [0.2, 0.25) is 0 Å². The second-order valence-corrected chi connectivity index (χ2v) is 4.52. The minimum Gasteiger partial charge on any atom is -0.339 e. The molecule has 0 bridgehead atoms. The second-order valence-electron chi connectivity index (χ2n) is 3.71. The second kappa shape index (κ2) is 5.14. The summed E-state index contributed by atoms with van der Waals surface area (Å²) in [5.41, 5.74) is 0.641. The molecule has 1 aromatic carbocycles. The third kappa shape index (κ3) is 2.33. The molecule has 0 unspecified atom stereocenters. The topological polar surface area (TPSA) is 72.9 Å². The maximum atomic E-state index is 12.0. The van der Waals surface area contributed by atoms with E-state index in [1.165, 1.54) is 11.8 Å². The van der Waals surface area contributed by atoms with Crippen LogP contribution in [0, 0.1) is 6.92 Å². The van der Waals surface area contributed by atoms with Gasteiger partial charge in [-0.15, -0.1) is 11.8 Å². The van der Waals surface area contributed by atoms with Crippen molar-refractivity contribution in [3.63, 3.8) is 0 Å². The van der Waals surface area contributed by atoms with Crippen LogP contribution in [0.5, 0.6) is 0 Å². The molecule has 0 aliphatic rings. The van der Waals surface area contributed by atoms with E-state index in [0.717, 1.165) is 10.4 Å². The molecule has 94 valence electrons. The van der Waals surface area contributed by atoms with Crippen LogP contribution in [0.4, 0.5) is 11.5 Å². The Bertz CT molecular complexity index is 609. The summed E-state index contributed by atoms with van der Waals surface area (Å²) in [6.45, 7) is 1.70. The van der Waals surface area contributed by atoms with E-state index < -0.39 is 0 Å². The fraction of sp³-hybridized carbons (Fsp3) is 0.167. The summed E-state index contributed by atoms with van der Waals surface area (Å²) in [5, 5.41) is 3.13. The standard InChI is InChI=1S/C12H14N4OS/c1-8-14-11(10(18-2)12(17)16(8)13)15-9-6-4-3-5-7-9/h3-7,15H,13H2,1-2H3.